The molecule has 0 radical (unpaired) electrons. The zero-order chi connectivity index (χ0) is 11.1. The van der Waals surface area contributed by atoms with Crippen molar-refractivity contribution in [2.45, 2.75) is 32.6 Å². The molecule has 3 rings (SSSR count). The van der Waals surface area contributed by atoms with E-state index in [9.17, 15) is 0 Å². The van der Waals surface area contributed by atoms with E-state index < -0.39 is 0 Å². The van der Waals surface area contributed by atoms with Crippen LogP contribution in [0.4, 0.5) is 5.69 Å². The predicted molar refractivity (Wildman–Crippen MR) is 64.2 cm³/mol. The van der Waals surface area contributed by atoms with Crippen molar-refractivity contribution in [2.24, 2.45) is 5.73 Å². The molecule has 16 heavy (non-hydrogen) atoms. The van der Waals surface area contributed by atoms with E-state index in [0.717, 1.165) is 17.2 Å². The molecule has 1 aromatic carbocycles. The van der Waals surface area contributed by atoms with Crippen molar-refractivity contribution in [3.8, 4) is 5.75 Å². The first kappa shape index (κ1) is 9.58. The van der Waals surface area contributed by atoms with Crippen molar-refractivity contribution in [3.63, 3.8) is 0 Å². The van der Waals surface area contributed by atoms with Gasteiger partial charge in [0, 0.05) is 0 Å². The molecule has 1 aliphatic carbocycles. The second kappa shape index (κ2) is 3.44. The number of anilines is 1. The molecule has 3 nitrogen and oxygen atoms in total. The Morgan fingerprint density at radius 1 is 1.19 bits per heavy atom. The maximum Gasteiger partial charge on any atom is 0.150 e. The average molecular weight is 216 g/mol. The van der Waals surface area contributed by atoms with E-state index >= 15 is 0 Å². The van der Waals surface area contributed by atoms with Crippen LogP contribution in [0.2, 0.25) is 0 Å². The summed E-state index contributed by atoms with van der Waals surface area (Å²) in [5.74, 6) is 2.28. The first-order valence-corrected chi connectivity index (χ1v) is 5.81. The van der Waals surface area contributed by atoms with E-state index in [4.69, 9.17) is 10.5 Å². The summed E-state index contributed by atoms with van der Waals surface area (Å²) in [6, 6.07) is 4.34. The number of hydrogen-bond acceptors (Lipinski definition) is 3. The number of allylic oxidation sites excluding steroid dienone is 1. The lowest BCUT2D eigenvalue weighted by atomic mass is 9.91. The van der Waals surface area contributed by atoms with Gasteiger partial charge in [-0.05, 0) is 55.9 Å². The third kappa shape index (κ3) is 1.43. The summed E-state index contributed by atoms with van der Waals surface area (Å²) in [6.07, 6.45) is 4.92. The summed E-state index contributed by atoms with van der Waals surface area (Å²) in [5, 5.41) is 3.19. The van der Waals surface area contributed by atoms with Crippen LogP contribution in [0, 0.1) is 0 Å². The van der Waals surface area contributed by atoms with Gasteiger partial charge in [0.25, 0.3) is 0 Å². The minimum absolute atomic E-state index is 0.614. The number of rotatable bonds is 0. The zero-order valence-corrected chi connectivity index (χ0v) is 9.47. The lowest BCUT2D eigenvalue weighted by Gasteiger charge is -2.24. The minimum atomic E-state index is 0.614. The molecule has 0 amide bonds. The monoisotopic (exact) mass is 216 g/mol. The molecule has 0 bridgehead atoms. The summed E-state index contributed by atoms with van der Waals surface area (Å²) in [5.41, 5.74) is 9.69. The van der Waals surface area contributed by atoms with Crippen LogP contribution < -0.4 is 15.8 Å². The fraction of sp³-hybridized carbons (Fsp3) is 0.385. The number of benzene rings is 1. The Hall–Kier alpha value is -1.64. The molecule has 0 unspecified atom stereocenters. The molecule has 0 aromatic heterocycles. The molecule has 1 aromatic rings. The van der Waals surface area contributed by atoms with Gasteiger partial charge in [0.15, 0.2) is 5.75 Å². The molecule has 3 heteroatoms. The first-order chi connectivity index (χ1) is 7.74. The number of hydrogen-bond donors (Lipinski definition) is 2. The molecule has 1 heterocycles. The van der Waals surface area contributed by atoms with Crippen molar-refractivity contribution in [1.82, 2.24) is 0 Å². The van der Waals surface area contributed by atoms with Crippen LogP contribution in [0.5, 0.6) is 5.75 Å². The number of fused-ring (bicyclic) bond motifs is 2. The van der Waals surface area contributed by atoms with Crippen molar-refractivity contribution in [2.75, 3.05) is 5.32 Å². The maximum absolute atomic E-state index is 5.81. The number of aryl methyl sites for hydroxylation is 2. The second-order valence-corrected chi connectivity index (χ2v) is 4.52. The first-order valence-electron chi connectivity index (χ1n) is 5.81. The average Bonchev–Trinajstić information content (AvgIpc) is 2.28. The third-order valence-corrected chi connectivity index (χ3v) is 3.36. The van der Waals surface area contributed by atoms with E-state index in [1.165, 1.54) is 36.8 Å². The Balaban J connectivity index is 2.05. The summed E-state index contributed by atoms with van der Waals surface area (Å²) in [6.45, 7) is 1.88. The highest BCUT2D eigenvalue weighted by Crippen LogP contribution is 2.36. The Morgan fingerprint density at radius 3 is 2.62 bits per heavy atom. The van der Waals surface area contributed by atoms with E-state index in [0.29, 0.717) is 5.82 Å². The highest BCUT2D eigenvalue weighted by Gasteiger charge is 2.18. The van der Waals surface area contributed by atoms with Crippen molar-refractivity contribution < 1.29 is 4.74 Å². The van der Waals surface area contributed by atoms with Gasteiger partial charge in [-0.3, -0.25) is 0 Å². The van der Waals surface area contributed by atoms with Gasteiger partial charge in [-0.25, -0.2) is 0 Å². The third-order valence-electron chi connectivity index (χ3n) is 3.36. The van der Waals surface area contributed by atoms with Crippen molar-refractivity contribution >= 4 is 5.69 Å². The predicted octanol–water partition coefficient (Wildman–Crippen LogP) is 2.52. The van der Waals surface area contributed by atoms with E-state index in [1.807, 2.05) is 6.92 Å². The molecule has 3 N–H and O–H groups in total. The Kier molecular flexibility index (Phi) is 2.06. The summed E-state index contributed by atoms with van der Waals surface area (Å²) in [7, 11) is 0. The molecule has 0 fully saturated rings. The van der Waals surface area contributed by atoms with Crippen LogP contribution >= 0.6 is 0 Å². The SMILES string of the molecule is CC1=C(N)Nc2cc3c(cc2O1)CCCC3. The van der Waals surface area contributed by atoms with Crippen molar-refractivity contribution in [1.29, 1.82) is 0 Å². The lowest BCUT2D eigenvalue weighted by molar-refractivity contribution is 0.414. The molecular formula is C13H16N2O. The van der Waals surface area contributed by atoms with Crippen molar-refractivity contribution in [3.05, 3.63) is 34.8 Å². The molecular weight excluding hydrogens is 200 g/mol. The molecule has 0 atom stereocenters. The van der Waals surface area contributed by atoms with Gasteiger partial charge < -0.3 is 15.8 Å². The molecule has 0 spiro atoms. The van der Waals surface area contributed by atoms with Crippen LogP contribution in [0.25, 0.3) is 0 Å². The van der Waals surface area contributed by atoms with Gasteiger partial charge in [0.2, 0.25) is 0 Å². The van der Waals surface area contributed by atoms with Gasteiger partial charge in [-0.15, -0.1) is 0 Å². The topological polar surface area (TPSA) is 47.3 Å². The zero-order valence-electron chi connectivity index (χ0n) is 9.47. The van der Waals surface area contributed by atoms with Gasteiger partial charge in [-0.2, -0.15) is 0 Å². The highest BCUT2D eigenvalue weighted by molar-refractivity contribution is 5.65. The van der Waals surface area contributed by atoms with Crippen LogP contribution in [0.15, 0.2) is 23.7 Å². The smallest absolute Gasteiger partial charge is 0.150 e. The molecule has 0 saturated carbocycles. The van der Waals surface area contributed by atoms with Crippen LogP contribution in [-0.2, 0) is 12.8 Å². The normalized spacial score (nSPS) is 18.3. The van der Waals surface area contributed by atoms with Gasteiger partial charge in [-0.1, -0.05) is 0 Å². The van der Waals surface area contributed by atoms with E-state index in [2.05, 4.69) is 17.4 Å². The van der Waals surface area contributed by atoms with Gasteiger partial charge in [0.05, 0.1) is 5.69 Å². The van der Waals surface area contributed by atoms with E-state index in [-0.39, 0.29) is 0 Å². The fourth-order valence-corrected chi connectivity index (χ4v) is 2.40. The summed E-state index contributed by atoms with van der Waals surface area (Å²) >= 11 is 0. The Labute approximate surface area is 95.3 Å². The molecule has 0 saturated heterocycles. The number of nitrogens with one attached hydrogen (secondary N) is 1. The van der Waals surface area contributed by atoms with Crippen LogP contribution in [-0.4, -0.2) is 0 Å². The van der Waals surface area contributed by atoms with Gasteiger partial charge >= 0.3 is 0 Å². The molecule has 84 valence electrons. The van der Waals surface area contributed by atoms with E-state index in [1.54, 1.807) is 0 Å². The standard InChI is InChI=1S/C13H16N2O/c1-8-13(14)15-11-6-9-4-2-3-5-10(9)7-12(11)16-8/h6-7,15H,2-5,14H2,1H3. The number of nitrogens with two attached hydrogens (primary N) is 1. The Morgan fingerprint density at radius 2 is 1.88 bits per heavy atom. The van der Waals surface area contributed by atoms with Crippen LogP contribution in [0.3, 0.4) is 0 Å². The Bertz CT molecular complexity index is 434. The minimum Gasteiger partial charge on any atom is -0.456 e. The fourth-order valence-electron chi connectivity index (χ4n) is 2.40. The van der Waals surface area contributed by atoms with Gasteiger partial charge in [0.1, 0.15) is 11.6 Å². The second-order valence-electron chi connectivity index (χ2n) is 4.52. The maximum atomic E-state index is 5.81. The quantitative estimate of drug-likeness (QED) is 0.700. The summed E-state index contributed by atoms with van der Waals surface area (Å²) < 4.78 is 5.70. The molecule has 1 aliphatic heterocycles. The largest absolute Gasteiger partial charge is 0.456 e. The lowest BCUT2D eigenvalue weighted by Crippen LogP contribution is -2.19. The summed E-state index contributed by atoms with van der Waals surface area (Å²) in [4.78, 5) is 0. The molecule has 2 aliphatic rings. The highest BCUT2D eigenvalue weighted by atomic mass is 16.5. The number of ether oxygens (including phenoxy) is 1. The van der Waals surface area contributed by atoms with Crippen LogP contribution in [0.1, 0.15) is 30.9 Å².